The predicted octanol–water partition coefficient (Wildman–Crippen LogP) is 2.80. The molecule has 1 spiro atoms. The van der Waals surface area contributed by atoms with Gasteiger partial charge in [-0.05, 0) is 12.8 Å². The zero-order chi connectivity index (χ0) is 11.0. The fraction of sp³-hybridized carbons (Fsp3) is 1.00. The van der Waals surface area contributed by atoms with E-state index in [1.54, 1.807) is 0 Å². The Morgan fingerprint density at radius 3 is 2.81 bits per heavy atom. The Labute approximate surface area is 112 Å². The molecule has 0 aromatic rings. The standard InChI is InChI=1S/C10H15IO4S/c11-16-12-6-7-5-8-9(13-7)15-10(14-8)3-1-2-4-10/h7-9H,1-6H2/t7-,8?,9?/m1/s1. The van der Waals surface area contributed by atoms with E-state index in [1.165, 1.54) is 22.1 Å². The van der Waals surface area contributed by atoms with Gasteiger partial charge in [-0.3, -0.25) is 0 Å². The Kier molecular flexibility index (Phi) is 3.66. The molecule has 0 aromatic carbocycles. The lowest BCUT2D eigenvalue weighted by molar-refractivity contribution is -0.221. The first-order valence-corrected chi connectivity index (χ1v) is 9.01. The molecular weight excluding hydrogens is 343 g/mol. The topological polar surface area (TPSA) is 36.9 Å². The van der Waals surface area contributed by atoms with Crippen molar-refractivity contribution >= 4 is 30.4 Å². The van der Waals surface area contributed by atoms with Gasteiger partial charge in [0.25, 0.3) is 0 Å². The van der Waals surface area contributed by atoms with Gasteiger partial charge >= 0.3 is 0 Å². The van der Waals surface area contributed by atoms with Crippen LogP contribution in [0.4, 0.5) is 0 Å². The van der Waals surface area contributed by atoms with Gasteiger partial charge in [0.15, 0.2) is 12.1 Å². The average molecular weight is 358 g/mol. The number of hydrogen-bond acceptors (Lipinski definition) is 5. The van der Waals surface area contributed by atoms with Crippen LogP contribution in [0.2, 0.25) is 0 Å². The molecule has 0 N–H and O–H groups in total. The Morgan fingerprint density at radius 2 is 2.12 bits per heavy atom. The maximum atomic E-state index is 6.03. The smallest absolute Gasteiger partial charge is 0.187 e. The van der Waals surface area contributed by atoms with Crippen LogP contribution >= 0.6 is 30.4 Å². The number of ether oxygens (including phenoxy) is 3. The normalized spacial score (nSPS) is 40.7. The molecule has 6 heteroatoms. The van der Waals surface area contributed by atoms with Crippen LogP contribution in [0.15, 0.2) is 0 Å². The van der Waals surface area contributed by atoms with Crippen molar-refractivity contribution in [2.45, 2.75) is 56.4 Å². The van der Waals surface area contributed by atoms with E-state index >= 15 is 0 Å². The summed E-state index contributed by atoms with van der Waals surface area (Å²) in [5.74, 6) is -0.306. The summed E-state index contributed by atoms with van der Waals surface area (Å²) in [5.41, 5.74) is 0. The lowest BCUT2D eigenvalue weighted by atomic mass is 10.2. The first-order chi connectivity index (χ1) is 7.81. The first kappa shape index (κ1) is 12.0. The first-order valence-electron chi connectivity index (χ1n) is 5.73. The fourth-order valence-electron chi connectivity index (χ4n) is 2.78. The highest BCUT2D eigenvalue weighted by Crippen LogP contribution is 2.45. The van der Waals surface area contributed by atoms with Crippen LogP contribution in [-0.2, 0) is 18.4 Å². The Hall–Kier alpha value is 0.920. The minimum atomic E-state index is -0.306. The molecule has 3 fully saturated rings. The van der Waals surface area contributed by atoms with Crippen LogP contribution in [0.25, 0.3) is 0 Å². The molecule has 3 rings (SSSR count). The molecule has 3 aliphatic rings. The highest BCUT2D eigenvalue weighted by atomic mass is 127. The Balaban J connectivity index is 1.54. The summed E-state index contributed by atoms with van der Waals surface area (Å²) in [6.07, 6.45) is 5.42. The molecule has 1 saturated carbocycles. The summed E-state index contributed by atoms with van der Waals surface area (Å²) in [4.78, 5) is 0. The summed E-state index contributed by atoms with van der Waals surface area (Å²) in [6.45, 7) is 0.611. The van der Waals surface area contributed by atoms with Gasteiger partial charge in [0.2, 0.25) is 0 Å². The molecule has 2 unspecified atom stereocenters. The summed E-state index contributed by atoms with van der Waals surface area (Å²) in [6, 6.07) is 0. The highest BCUT2D eigenvalue weighted by Gasteiger charge is 2.53. The monoisotopic (exact) mass is 358 g/mol. The molecule has 92 valence electrons. The van der Waals surface area contributed by atoms with E-state index < -0.39 is 0 Å². The third-order valence-electron chi connectivity index (χ3n) is 3.49. The minimum absolute atomic E-state index is 0.117. The van der Waals surface area contributed by atoms with E-state index in [4.69, 9.17) is 18.4 Å². The van der Waals surface area contributed by atoms with Crippen molar-refractivity contribution < 1.29 is 18.4 Å². The molecule has 4 nitrogen and oxygen atoms in total. The van der Waals surface area contributed by atoms with Gasteiger partial charge in [-0.15, -0.1) is 0 Å². The van der Waals surface area contributed by atoms with E-state index in [-0.39, 0.29) is 24.3 Å². The quantitative estimate of drug-likeness (QED) is 0.573. The predicted molar refractivity (Wildman–Crippen MR) is 68.0 cm³/mol. The van der Waals surface area contributed by atoms with Gasteiger partial charge in [-0.1, -0.05) is 0 Å². The van der Waals surface area contributed by atoms with Crippen LogP contribution in [0, 0.1) is 0 Å². The third kappa shape index (κ3) is 2.24. The number of fused-ring (bicyclic) bond motifs is 1. The van der Waals surface area contributed by atoms with E-state index in [2.05, 4.69) is 21.2 Å². The van der Waals surface area contributed by atoms with Gasteiger partial charge in [-0.25, -0.2) is 0 Å². The van der Waals surface area contributed by atoms with Gasteiger partial charge in [0.1, 0.15) is 6.10 Å². The molecule has 3 atom stereocenters. The highest BCUT2D eigenvalue weighted by molar-refractivity contribution is 14.2. The van der Waals surface area contributed by atoms with Crippen molar-refractivity contribution in [3.63, 3.8) is 0 Å². The number of halogens is 1. The van der Waals surface area contributed by atoms with Crippen molar-refractivity contribution in [2.24, 2.45) is 0 Å². The molecule has 0 aromatic heterocycles. The maximum Gasteiger partial charge on any atom is 0.187 e. The Morgan fingerprint density at radius 1 is 1.31 bits per heavy atom. The Bertz CT molecular complexity index is 243. The van der Waals surface area contributed by atoms with Crippen LogP contribution in [-0.4, -0.2) is 30.9 Å². The molecule has 0 radical (unpaired) electrons. The van der Waals surface area contributed by atoms with Crippen molar-refractivity contribution in [3.8, 4) is 0 Å². The fourth-order valence-corrected chi connectivity index (χ4v) is 3.43. The molecular formula is C10H15IO4S. The van der Waals surface area contributed by atoms with Crippen LogP contribution in [0.5, 0.6) is 0 Å². The zero-order valence-corrected chi connectivity index (χ0v) is 11.9. The number of rotatable bonds is 3. The molecule has 0 amide bonds. The molecule has 1 aliphatic carbocycles. The lowest BCUT2D eigenvalue weighted by Crippen LogP contribution is -2.29. The lowest BCUT2D eigenvalue weighted by Gasteiger charge is -2.24. The van der Waals surface area contributed by atoms with Crippen molar-refractivity contribution in [1.82, 2.24) is 0 Å². The second kappa shape index (κ2) is 4.89. The van der Waals surface area contributed by atoms with E-state index in [0.29, 0.717) is 6.61 Å². The van der Waals surface area contributed by atoms with Gasteiger partial charge in [0, 0.05) is 40.5 Å². The largest absolute Gasteiger partial charge is 0.344 e. The molecule has 2 saturated heterocycles. The number of hydrogen-bond donors (Lipinski definition) is 0. The summed E-state index contributed by atoms with van der Waals surface area (Å²) < 4.78 is 23.0. The zero-order valence-electron chi connectivity index (χ0n) is 8.89. The van der Waals surface area contributed by atoms with E-state index in [9.17, 15) is 0 Å². The van der Waals surface area contributed by atoms with Crippen LogP contribution in [0.3, 0.4) is 0 Å². The second-order valence-corrected chi connectivity index (χ2v) is 6.04. The van der Waals surface area contributed by atoms with Crippen LogP contribution < -0.4 is 0 Å². The molecule has 16 heavy (non-hydrogen) atoms. The third-order valence-corrected chi connectivity index (χ3v) is 4.47. The summed E-state index contributed by atoms with van der Waals surface area (Å²) in [7, 11) is 1.34. The van der Waals surface area contributed by atoms with Crippen molar-refractivity contribution in [3.05, 3.63) is 0 Å². The second-order valence-electron chi connectivity index (χ2n) is 4.60. The van der Waals surface area contributed by atoms with Gasteiger partial charge < -0.3 is 18.4 Å². The van der Waals surface area contributed by atoms with E-state index in [1.807, 2.05) is 0 Å². The molecule has 2 aliphatic heterocycles. The van der Waals surface area contributed by atoms with Crippen LogP contribution in [0.1, 0.15) is 32.1 Å². The maximum absolute atomic E-state index is 6.03. The summed E-state index contributed by atoms with van der Waals surface area (Å²) >= 11 is 2.11. The van der Waals surface area contributed by atoms with Crippen molar-refractivity contribution in [2.75, 3.05) is 6.61 Å². The summed E-state index contributed by atoms with van der Waals surface area (Å²) in [5, 5.41) is 0. The average Bonchev–Trinajstić information content (AvgIpc) is 2.92. The minimum Gasteiger partial charge on any atom is -0.344 e. The molecule has 2 heterocycles. The van der Waals surface area contributed by atoms with Gasteiger partial charge in [-0.2, -0.15) is 0 Å². The molecule has 0 bridgehead atoms. The van der Waals surface area contributed by atoms with Gasteiger partial charge in [0.05, 0.1) is 21.9 Å². The van der Waals surface area contributed by atoms with Crippen molar-refractivity contribution in [1.29, 1.82) is 0 Å². The van der Waals surface area contributed by atoms with E-state index in [0.717, 1.165) is 19.3 Å². The SMILES string of the molecule is ISOC[C@H]1CC2OC3(CCCC3)OC2O1.